The lowest BCUT2D eigenvalue weighted by Gasteiger charge is -2.24. The Hall–Kier alpha value is -2.41. The minimum atomic E-state index is -1.62. The third kappa shape index (κ3) is 3.31. The smallest absolute Gasteiger partial charge is 0.278 e. The summed E-state index contributed by atoms with van der Waals surface area (Å²) in [7, 11) is 0. The number of benzene rings is 2. The van der Waals surface area contributed by atoms with Crippen LogP contribution < -0.4 is 11.2 Å². The Labute approximate surface area is 162 Å². The first-order chi connectivity index (χ1) is 12.3. The lowest BCUT2D eigenvalue weighted by molar-refractivity contribution is -0.113. The molecule has 2 aromatic carbocycles. The normalized spacial score (nSPS) is 13.2. The van der Waals surface area contributed by atoms with Crippen molar-refractivity contribution in [3.8, 4) is 5.69 Å². The van der Waals surface area contributed by atoms with E-state index in [0.29, 0.717) is 21.8 Å². The first-order valence-electron chi connectivity index (χ1n) is 7.27. The quantitative estimate of drug-likeness (QED) is 0.529. The van der Waals surface area contributed by atoms with E-state index in [0.717, 1.165) is 10.9 Å². The van der Waals surface area contributed by atoms with E-state index in [4.69, 9.17) is 34.8 Å². The number of alkyl halides is 1. The lowest BCUT2D eigenvalue weighted by atomic mass is 9.91. The summed E-state index contributed by atoms with van der Waals surface area (Å²) in [5.74, 6) is 0. The van der Waals surface area contributed by atoms with Gasteiger partial charge in [0, 0.05) is 5.02 Å². The van der Waals surface area contributed by atoms with Crippen LogP contribution in [-0.2, 0) is 9.67 Å². The number of hydrogen-bond donors (Lipinski definition) is 1. The predicted octanol–water partition coefficient (Wildman–Crippen LogP) is 2.82. The van der Waals surface area contributed by atoms with Crippen LogP contribution in [-0.4, -0.2) is 20.0 Å². The molecule has 1 N–H and O–H groups in total. The van der Waals surface area contributed by atoms with E-state index in [9.17, 15) is 14.4 Å². The highest BCUT2D eigenvalue weighted by molar-refractivity contribution is 6.71. The second kappa shape index (κ2) is 7.07. The minimum Gasteiger partial charge on any atom is -0.278 e. The molecule has 0 saturated carbocycles. The standard InChI is InChI=1S/C17H10Cl3N3O3/c18-12-5-1-10(2-6-12)17(20,15(19)25)11-3-7-13(8-4-11)23-16(26)22-14(24)9-21-23/h1-9H,(H,22,24,26). The maximum Gasteiger partial charge on any atom is 0.349 e. The fourth-order valence-corrected chi connectivity index (χ4v) is 3.04. The molecule has 0 radical (unpaired) electrons. The monoisotopic (exact) mass is 409 g/mol. The number of H-pyrrole nitrogens is 1. The molecule has 132 valence electrons. The van der Waals surface area contributed by atoms with Crippen molar-refractivity contribution < 1.29 is 4.79 Å². The summed E-state index contributed by atoms with van der Waals surface area (Å²) in [5.41, 5.74) is -0.0443. The molecule has 1 heterocycles. The van der Waals surface area contributed by atoms with Crippen molar-refractivity contribution in [3.63, 3.8) is 0 Å². The molecule has 9 heteroatoms. The zero-order chi connectivity index (χ0) is 18.9. The van der Waals surface area contributed by atoms with Crippen LogP contribution in [0.2, 0.25) is 5.02 Å². The number of nitrogens with one attached hydrogen (secondary N) is 1. The van der Waals surface area contributed by atoms with Gasteiger partial charge in [-0.25, -0.2) is 4.79 Å². The van der Waals surface area contributed by atoms with Crippen molar-refractivity contribution in [2.75, 3.05) is 0 Å². The maximum atomic E-state index is 12.1. The van der Waals surface area contributed by atoms with Gasteiger partial charge in [0.05, 0.1) is 5.69 Å². The zero-order valence-electron chi connectivity index (χ0n) is 12.9. The topological polar surface area (TPSA) is 84.8 Å². The van der Waals surface area contributed by atoms with Gasteiger partial charge in [-0.1, -0.05) is 47.5 Å². The maximum absolute atomic E-state index is 12.1. The van der Waals surface area contributed by atoms with E-state index >= 15 is 0 Å². The first-order valence-corrected chi connectivity index (χ1v) is 8.40. The van der Waals surface area contributed by atoms with Crippen LogP contribution >= 0.6 is 34.8 Å². The van der Waals surface area contributed by atoms with Crippen LogP contribution in [0.15, 0.2) is 64.3 Å². The van der Waals surface area contributed by atoms with Gasteiger partial charge in [-0.05, 0) is 47.0 Å². The van der Waals surface area contributed by atoms with Crippen LogP contribution in [0.1, 0.15) is 11.1 Å². The predicted molar refractivity (Wildman–Crippen MR) is 99.4 cm³/mol. The number of aromatic nitrogens is 3. The molecule has 1 unspecified atom stereocenters. The van der Waals surface area contributed by atoms with Gasteiger partial charge in [0.25, 0.3) is 10.8 Å². The molecule has 0 amide bonds. The highest BCUT2D eigenvalue weighted by Gasteiger charge is 2.39. The number of aromatic amines is 1. The Balaban J connectivity index is 2.07. The molecular weight excluding hydrogens is 401 g/mol. The van der Waals surface area contributed by atoms with E-state index in [1.54, 1.807) is 36.4 Å². The average molecular weight is 411 g/mol. The zero-order valence-corrected chi connectivity index (χ0v) is 15.2. The van der Waals surface area contributed by atoms with E-state index in [2.05, 4.69) is 10.1 Å². The van der Waals surface area contributed by atoms with Gasteiger partial charge >= 0.3 is 5.69 Å². The Morgan fingerprint density at radius 2 is 1.54 bits per heavy atom. The summed E-state index contributed by atoms with van der Waals surface area (Å²) in [6, 6.07) is 12.6. The van der Waals surface area contributed by atoms with Gasteiger partial charge in [0.1, 0.15) is 6.20 Å². The molecule has 0 bridgehead atoms. The fourth-order valence-electron chi connectivity index (χ4n) is 2.44. The number of carbonyl (C=O) groups excluding carboxylic acids is 1. The number of rotatable bonds is 4. The summed E-state index contributed by atoms with van der Waals surface area (Å²) in [4.78, 5) is 35.5. The van der Waals surface area contributed by atoms with Gasteiger partial charge in [-0.2, -0.15) is 9.78 Å². The molecule has 1 aromatic heterocycles. The molecule has 3 aromatic rings. The highest BCUT2D eigenvalue weighted by atomic mass is 35.5. The molecule has 6 nitrogen and oxygen atoms in total. The molecule has 0 aliphatic rings. The Morgan fingerprint density at radius 3 is 2.04 bits per heavy atom. The molecule has 0 saturated heterocycles. The Morgan fingerprint density at radius 1 is 1.00 bits per heavy atom. The highest BCUT2D eigenvalue weighted by Crippen LogP contribution is 2.39. The van der Waals surface area contributed by atoms with Gasteiger partial charge < -0.3 is 0 Å². The van der Waals surface area contributed by atoms with Gasteiger partial charge in [0.15, 0.2) is 4.87 Å². The summed E-state index contributed by atoms with van der Waals surface area (Å²) in [5, 5.41) is 3.47. The van der Waals surface area contributed by atoms with Crippen LogP contribution in [0, 0.1) is 0 Å². The Kier molecular flexibility index (Phi) is 5.00. The third-order valence-corrected chi connectivity index (χ3v) is 4.98. The van der Waals surface area contributed by atoms with Gasteiger partial charge in [-0.15, -0.1) is 0 Å². The molecule has 3 rings (SSSR count). The van der Waals surface area contributed by atoms with Crippen molar-refractivity contribution in [1.82, 2.24) is 14.8 Å². The molecular formula is C17H10Cl3N3O3. The number of halogens is 3. The van der Waals surface area contributed by atoms with Crippen molar-refractivity contribution >= 4 is 40.0 Å². The molecule has 0 spiro atoms. The van der Waals surface area contributed by atoms with Crippen LogP contribution in [0.5, 0.6) is 0 Å². The molecule has 1 atom stereocenters. The van der Waals surface area contributed by atoms with Crippen molar-refractivity contribution in [3.05, 3.63) is 91.7 Å². The second-order valence-corrected chi connectivity index (χ2v) is 6.68. The SMILES string of the molecule is O=C(Cl)C(Cl)(c1ccc(Cl)cc1)c1ccc(-n2ncc(=O)[nH]c2=O)cc1. The molecule has 0 aliphatic carbocycles. The van der Waals surface area contributed by atoms with Gasteiger partial charge in [-0.3, -0.25) is 14.6 Å². The van der Waals surface area contributed by atoms with Crippen molar-refractivity contribution in [2.45, 2.75) is 4.87 Å². The molecule has 0 fully saturated rings. The Bertz CT molecular complexity index is 1080. The van der Waals surface area contributed by atoms with E-state index < -0.39 is 21.4 Å². The molecule has 0 aliphatic heterocycles. The summed E-state index contributed by atoms with van der Waals surface area (Å²) < 4.78 is 1.01. The largest absolute Gasteiger partial charge is 0.349 e. The van der Waals surface area contributed by atoms with E-state index in [-0.39, 0.29) is 0 Å². The molecule has 26 heavy (non-hydrogen) atoms. The summed E-state index contributed by atoms with van der Waals surface area (Å²) in [6.45, 7) is 0. The minimum absolute atomic E-state index is 0.382. The third-order valence-electron chi connectivity index (χ3n) is 3.74. The van der Waals surface area contributed by atoms with Crippen LogP contribution in [0.4, 0.5) is 0 Å². The van der Waals surface area contributed by atoms with Crippen molar-refractivity contribution in [2.24, 2.45) is 0 Å². The second-order valence-electron chi connectivity index (χ2n) is 5.34. The number of carbonyl (C=O) groups is 1. The number of hydrogen-bond acceptors (Lipinski definition) is 4. The fraction of sp³-hybridized carbons (Fsp3) is 0.0588. The van der Waals surface area contributed by atoms with Crippen LogP contribution in [0.3, 0.4) is 0 Å². The van der Waals surface area contributed by atoms with E-state index in [1.807, 2.05) is 0 Å². The van der Waals surface area contributed by atoms with Crippen LogP contribution in [0.25, 0.3) is 5.69 Å². The average Bonchev–Trinajstić information content (AvgIpc) is 2.62. The first kappa shape index (κ1) is 18.4. The van der Waals surface area contributed by atoms with Gasteiger partial charge in [0.2, 0.25) is 0 Å². The lowest BCUT2D eigenvalue weighted by Crippen LogP contribution is -2.30. The number of nitrogens with zero attached hydrogens (tertiary/aromatic N) is 2. The summed E-state index contributed by atoms with van der Waals surface area (Å²) in [6.07, 6.45) is 0.983. The summed E-state index contributed by atoms with van der Waals surface area (Å²) >= 11 is 18.2. The van der Waals surface area contributed by atoms with Crippen molar-refractivity contribution in [1.29, 1.82) is 0 Å². The van der Waals surface area contributed by atoms with E-state index in [1.165, 1.54) is 12.1 Å².